The fraction of sp³-hybridized carbons (Fsp3) is 1.00. The number of ether oxygens (including phenoxy) is 1. The molecule has 1 saturated carbocycles. The molecule has 3 aliphatic rings. The van der Waals surface area contributed by atoms with Crippen LogP contribution in [0.5, 0.6) is 0 Å². The minimum atomic E-state index is 0.469. The molecule has 3 rings (SSSR count). The number of fused-ring (bicyclic) bond motifs is 2. The lowest BCUT2D eigenvalue weighted by atomic mass is 9.84. The molecular weight excluding hydrogens is 188 g/mol. The lowest BCUT2D eigenvalue weighted by Crippen LogP contribution is -2.57. The van der Waals surface area contributed by atoms with Gasteiger partial charge in [-0.2, -0.15) is 0 Å². The molecule has 3 nitrogen and oxygen atoms in total. The molecule has 2 N–H and O–H groups in total. The first-order valence-electron chi connectivity index (χ1n) is 6.33. The molecule has 2 saturated heterocycles. The van der Waals surface area contributed by atoms with Crippen molar-refractivity contribution in [1.82, 2.24) is 4.90 Å². The van der Waals surface area contributed by atoms with Gasteiger partial charge in [0.05, 0.1) is 6.10 Å². The normalized spacial score (nSPS) is 50.4. The van der Waals surface area contributed by atoms with Gasteiger partial charge < -0.3 is 10.5 Å². The van der Waals surface area contributed by atoms with E-state index < -0.39 is 0 Å². The van der Waals surface area contributed by atoms with E-state index >= 15 is 0 Å². The van der Waals surface area contributed by atoms with Gasteiger partial charge in [0.25, 0.3) is 0 Å². The van der Waals surface area contributed by atoms with Crippen molar-refractivity contribution < 1.29 is 4.74 Å². The van der Waals surface area contributed by atoms with Crippen LogP contribution >= 0.6 is 0 Å². The maximum absolute atomic E-state index is 6.08. The first kappa shape index (κ1) is 10.1. The molecule has 0 radical (unpaired) electrons. The molecule has 2 heterocycles. The molecule has 0 aromatic rings. The molecule has 2 atom stereocenters. The Bertz CT molecular complexity index is 226. The van der Waals surface area contributed by atoms with Crippen LogP contribution < -0.4 is 5.73 Å². The third-order valence-corrected chi connectivity index (χ3v) is 4.65. The summed E-state index contributed by atoms with van der Waals surface area (Å²) in [4.78, 5) is 2.78. The monoisotopic (exact) mass is 210 g/mol. The van der Waals surface area contributed by atoms with Gasteiger partial charge in [0.15, 0.2) is 0 Å². The molecule has 3 fully saturated rings. The van der Waals surface area contributed by atoms with Crippen LogP contribution in [-0.2, 0) is 4.74 Å². The molecule has 0 aromatic carbocycles. The van der Waals surface area contributed by atoms with E-state index in [4.69, 9.17) is 10.5 Å². The topological polar surface area (TPSA) is 38.5 Å². The molecule has 2 aliphatic heterocycles. The van der Waals surface area contributed by atoms with E-state index in [0.29, 0.717) is 12.1 Å². The van der Waals surface area contributed by atoms with Gasteiger partial charge in [-0.15, -0.1) is 0 Å². The molecular formula is C12H22N2O. The van der Waals surface area contributed by atoms with E-state index in [-0.39, 0.29) is 0 Å². The molecule has 15 heavy (non-hydrogen) atoms. The number of methoxy groups -OCH3 is 1. The fourth-order valence-electron chi connectivity index (χ4n) is 3.83. The summed E-state index contributed by atoms with van der Waals surface area (Å²) < 4.78 is 5.37. The molecule has 0 aromatic heterocycles. The molecule has 2 bridgehead atoms. The van der Waals surface area contributed by atoms with E-state index in [1.807, 2.05) is 7.11 Å². The van der Waals surface area contributed by atoms with Crippen molar-refractivity contribution >= 4 is 0 Å². The SMILES string of the molecule is COC1CC(N2C3CCC2CC(N)C3)C1. The summed E-state index contributed by atoms with van der Waals surface area (Å²) in [5.74, 6) is 0. The molecule has 2 unspecified atom stereocenters. The minimum absolute atomic E-state index is 0.469. The van der Waals surface area contributed by atoms with Gasteiger partial charge in [-0.05, 0) is 38.5 Å². The molecule has 1 aliphatic carbocycles. The highest BCUT2D eigenvalue weighted by Gasteiger charge is 2.46. The Labute approximate surface area is 91.9 Å². The number of nitrogens with two attached hydrogens (primary N) is 1. The molecule has 3 heteroatoms. The molecule has 0 amide bonds. The first-order valence-corrected chi connectivity index (χ1v) is 6.33. The predicted octanol–water partition coefficient (Wildman–Crippen LogP) is 1.12. The van der Waals surface area contributed by atoms with Gasteiger partial charge in [-0.25, -0.2) is 0 Å². The zero-order valence-corrected chi connectivity index (χ0v) is 9.56. The Morgan fingerprint density at radius 1 is 1.00 bits per heavy atom. The highest BCUT2D eigenvalue weighted by molar-refractivity contribution is 5.02. The lowest BCUT2D eigenvalue weighted by Gasteiger charge is -2.48. The summed E-state index contributed by atoms with van der Waals surface area (Å²) in [6.45, 7) is 0. The van der Waals surface area contributed by atoms with E-state index in [9.17, 15) is 0 Å². The summed E-state index contributed by atoms with van der Waals surface area (Å²) in [6, 6.07) is 2.86. The third kappa shape index (κ3) is 1.61. The summed E-state index contributed by atoms with van der Waals surface area (Å²) in [5, 5.41) is 0. The Hall–Kier alpha value is -0.120. The predicted molar refractivity (Wildman–Crippen MR) is 59.7 cm³/mol. The van der Waals surface area contributed by atoms with Crippen molar-refractivity contribution in [3.05, 3.63) is 0 Å². The Morgan fingerprint density at radius 2 is 1.60 bits per heavy atom. The van der Waals surface area contributed by atoms with Gasteiger partial charge in [0.2, 0.25) is 0 Å². The van der Waals surface area contributed by atoms with Crippen LogP contribution in [0.4, 0.5) is 0 Å². The van der Waals surface area contributed by atoms with Crippen LogP contribution in [0.15, 0.2) is 0 Å². The van der Waals surface area contributed by atoms with E-state index in [0.717, 1.165) is 18.1 Å². The number of rotatable bonds is 2. The van der Waals surface area contributed by atoms with Gasteiger partial charge in [0, 0.05) is 31.3 Å². The maximum Gasteiger partial charge on any atom is 0.0601 e. The van der Waals surface area contributed by atoms with Crippen LogP contribution in [0.1, 0.15) is 38.5 Å². The average Bonchev–Trinajstić information content (AvgIpc) is 2.41. The van der Waals surface area contributed by atoms with Crippen LogP contribution in [0, 0.1) is 0 Å². The van der Waals surface area contributed by atoms with E-state index in [1.54, 1.807) is 0 Å². The smallest absolute Gasteiger partial charge is 0.0601 e. The van der Waals surface area contributed by atoms with Crippen molar-refractivity contribution in [2.75, 3.05) is 7.11 Å². The van der Waals surface area contributed by atoms with Gasteiger partial charge in [-0.3, -0.25) is 4.90 Å². The van der Waals surface area contributed by atoms with Crippen LogP contribution in [0.3, 0.4) is 0 Å². The number of nitrogens with zero attached hydrogens (tertiary/aromatic N) is 1. The Kier molecular flexibility index (Phi) is 2.49. The number of piperidine rings is 1. The van der Waals surface area contributed by atoms with Gasteiger partial charge in [0.1, 0.15) is 0 Å². The zero-order chi connectivity index (χ0) is 10.4. The molecule has 0 spiro atoms. The Balaban J connectivity index is 1.63. The fourth-order valence-corrected chi connectivity index (χ4v) is 3.83. The largest absolute Gasteiger partial charge is 0.381 e. The summed E-state index contributed by atoms with van der Waals surface area (Å²) in [6.07, 6.45) is 8.25. The molecule has 86 valence electrons. The van der Waals surface area contributed by atoms with Gasteiger partial charge >= 0.3 is 0 Å². The van der Waals surface area contributed by atoms with Crippen molar-refractivity contribution in [2.24, 2.45) is 5.73 Å². The van der Waals surface area contributed by atoms with Crippen LogP contribution in [0.2, 0.25) is 0 Å². The van der Waals surface area contributed by atoms with Crippen molar-refractivity contribution in [3.8, 4) is 0 Å². The van der Waals surface area contributed by atoms with Gasteiger partial charge in [-0.1, -0.05) is 0 Å². The zero-order valence-electron chi connectivity index (χ0n) is 9.56. The average molecular weight is 210 g/mol. The summed E-state index contributed by atoms with van der Waals surface area (Å²) >= 11 is 0. The highest BCUT2D eigenvalue weighted by atomic mass is 16.5. The van der Waals surface area contributed by atoms with Crippen molar-refractivity contribution in [3.63, 3.8) is 0 Å². The second-order valence-corrected chi connectivity index (χ2v) is 5.55. The second-order valence-electron chi connectivity index (χ2n) is 5.55. The third-order valence-electron chi connectivity index (χ3n) is 4.65. The summed E-state index contributed by atoms with van der Waals surface area (Å²) in [7, 11) is 1.83. The Morgan fingerprint density at radius 3 is 2.13 bits per heavy atom. The van der Waals surface area contributed by atoms with Crippen molar-refractivity contribution in [2.45, 2.75) is 68.8 Å². The van der Waals surface area contributed by atoms with Crippen LogP contribution in [0.25, 0.3) is 0 Å². The standard InChI is InChI=1S/C12H22N2O/c1-15-12-6-11(7-12)14-9-2-3-10(14)5-8(13)4-9/h8-12H,2-7,13H2,1H3. The van der Waals surface area contributed by atoms with Crippen LogP contribution in [-0.4, -0.2) is 42.3 Å². The lowest BCUT2D eigenvalue weighted by molar-refractivity contribution is -0.0547. The van der Waals surface area contributed by atoms with Crippen molar-refractivity contribution in [1.29, 1.82) is 0 Å². The first-order chi connectivity index (χ1) is 7.28. The highest BCUT2D eigenvalue weighted by Crippen LogP contribution is 2.41. The summed E-state index contributed by atoms with van der Waals surface area (Å²) in [5.41, 5.74) is 6.08. The maximum atomic E-state index is 6.08. The second kappa shape index (κ2) is 3.72. The minimum Gasteiger partial charge on any atom is -0.381 e. The number of hydrogen-bond donors (Lipinski definition) is 1. The van der Waals surface area contributed by atoms with E-state index in [2.05, 4.69) is 4.90 Å². The number of hydrogen-bond acceptors (Lipinski definition) is 3. The quantitative estimate of drug-likeness (QED) is 0.742. The van der Waals surface area contributed by atoms with E-state index in [1.165, 1.54) is 38.5 Å².